The van der Waals surface area contributed by atoms with E-state index in [2.05, 4.69) is 79.7 Å². The summed E-state index contributed by atoms with van der Waals surface area (Å²) in [6, 6.07) is 8.87. The van der Waals surface area contributed by atoms with Crippen LogP contribution < -0.4 is 30.1 Å². The number of amides is 2. The van der Waals surface area contributed by atoms with E-state index in [-0.39, 0.29) is 47.0 Å². The molecule has 2 amide bonds. The molecular weight excluding hydrogens is 2120 g/mol. The van der Waals surface area contributed by atoms with Crippen LogP contribution in [0.3, 0.4) is 0 Å². The van der Waals surface area contributed by atoms with E-state index in [0.29, 0.717) is 161 Å². The lowest BCUT2D eigenvalue weighted by molar-refractivity contribution is -0.138. The van der Waals surface area contributed by atoms with Gasteiger partial charge in [0.15, 0.2) is 30.9 Å². The highest BCUT2D eigenvalue weighted by molar-refractivity contribution is 7.99. The van der Waals surface area contributed by atoms with E-state index in [9.17, 15) is 38.4 Å². The third-order valence-electron chi connectivity index (χ3n) is 17.9. The van der Waals surface area contributed by atoms with Gasteiger partial charge in [0.1, 0.15) is 13.2 Å². The predicted octanol–water partition coefficient (Wildman–Crippen LogP) is 20.7. The molecule has 140 heavy (non-hydrogen) atoms. The summed E-state index contributed by atoms with van der Waals surface area (Å²) in [5.41, 5.74) is 10.7. The zero-order valence-electron chi connectivity index (χ0n) is 77.7. The topological polar surface area (TPSA) is 455 Å². The van der Waals surface area contributed by atoms with Gasteiger partial charge in [0.05, 0.1) is 58.4 Å². The highest BCUT2D eigenvalue weighted by atomic mass is 35.5. The van der Waals surface area contributed by atoms with Crippen molar-refractivity contribution in [3.63, 3.8) is 0 Å². The molecule has 0 aliphatic rings. The average Bonchev–Trinajstić information content (AvgIpc) is 0.810. The monoisotopic (exact) mass is 2200 g/mol. The number of carbonyl (C=O) groups excluding carboxylic acids is 6. The summed E-state index contributed by atoms with van der Waals surface area (Å²) in [6.07, 6.45) is 16.7. The number of nitrogens with zero attached hydrogens (tertiary/aromatic N) is 20. The number of aromatic nitrogens is 18. The van der Waals surface area contributed by atoms with Crippen molar-refractivity contribution < 1.29 is 67.4 Å². The molecule has 51 heteroatoms. The Morgan fingerprint density at radius 2 is 0.529 bits per heavy atom. The molecule has 0 radical (unpaired) electrons. The first kappa shape index (κ1) is 117. The standard InChI is InChI=1S/C17H21ClN4O2S.C16H18Cl2N4O2S.C15H16ClN3O3S.C14H13Cl2N3O3S.C14H14ClN3O3S.C13H11Cl2N3O3S/c1-5-22(6-2)17(23)24-15-7-12(4)20-16(21-15)25-10-13-11(3)8-19-9-14(13)18;1-4-22(5-2)16(23)24-14-6-10(3)20-15(21-14)25-9-11-12(17)7-19-8-13(11)18;1-4-22-15(21)19-13(20)5-10(3)18-14(19)23-8-11-9(2)6-17-7-12(11)16;1-3-22-14(21)19-12(20)4-8(2)18-13(19)23-7-9-10(15)5-17-6-11(9)16;1-8-4-16-5-11(15)10(8)7-22-14-17-9(2)3-12(18-14)21-13(20)6-19;1-7-2-11(21-12(20)5-19)18-13(17-7)22-6-8-9(14)3-16-4-10(8)15/h7-9H,5-6,10H2,1-4H3;6-8H,4-5,9H2,1-3H3;5-7H,4,8H2,1-3H3;4-6H,3,7H2,1-2H3;3-5,19H,6-7H2,1-2H3;2-4,19H,5-6H2,1H3. The Morgan fingerprint density at radius 3 is 0.771 bits per heavy atom. The average molecular weight is 2210 g/mol. The number of thioether (sulfide) groups is 6. The van der Waals surface area contributed by atoms with Crippen molar-refractivity contribution >= 4 is 211 Å². The van der Waals surface area contributed by atoms with E-state index in [1.165, 1.54) is 132 Å². The van der Waals surface area contributed by atoms with E-state index in [1.54, 1.807) is 101 Å². The molecule has 0 aliphatic carbocycles. The summed E-state index contributed by atoms with van der Waals surface area (Å²) in [5.74, 6) is 2.03. The Labute approximate surface area is 876 Å². The third-order valence-corrected chi connectivity index (χ3v) is 26.2. The molecule has 744 valence electrons. The third kappa shape index (κ3) is 37.7. The van der Waals surface area contributed by atoms with Crippen LogP contribution in [-0.2, 0) is 53.6 Å². The summed E-state index contributed by atoms with van der Waals surface area (Å²) in [7, 11) is 0. The Hall–Kier alpha value is -9.97. The van der Waals surface area contributed by atoms with E-state index in [1.807, 2.05) is 62.3 Å². The number of halogens is 9. The van der Waals surface area contributed by atoms with Crippen LogP contribution in [-0.4, -0.2) is 198 Å². The SMILES string of the molecule is CCN(CC)C(=O)Oc1cc(C)nc(SCc2c(C)cncc2Cl)n1.CCN(CC)C(=O)Oc1cc(C)nc(SCc2c(Cl)cncc2Cl)n1.CCOC(=O)n1c(SCc2c(C)cncc2Cl)nc(C)cc1=O.CCOC(=O)n1c(SCc2c(Cl)cncc2Cl)nc(C)cc1=O.Cc1cc(OC(=O)CO)nc(SCc2c(C)cncc2Cl)n1.Cc1cc(OC(=O)CO)nc(SCc2c(Cl)cncc2Cl)n1. The Kier molecular flexibility index (Phi) is 50.0. The first-order chi connectivity index (χ1) is 66.7. The van der Waals surface area contributed by atoms with Gasteiger partial charge in [-0.15, -0.1) is 0 Å². The molecule has 12 aromatic rings. The number of aliphatic hydroxyl groups is 2. The lowest BCUT2D eigenvalue weighted by atomic mass is 10.2. The Morgan fingerprint density at radius 1 is 0.307 bits per heavy atom. The quantitative estimate of drug-likeness (QED) is 0.0240. The molecule has 0 saturated carbocycles. The van der Waals surface area contributed by atoms with Gasteiger partial charge in [-0.2, -0.15) is 29.1 Å². The second-order valence-electron chi connectivity index (χ2n) is 28.2. The molecular formula is C89H93Cl9N20O16S6. The fourth-order valence-electron chi connectivity index (χ4n) is 10.9. The molecule has 12 heterocycles. The Bertz CT molecular complexity index is 5950. The molecule has 36 nitrogen and oxygen atoms in total. The Balaban J connectivity index is 0.000000229. The molecule has 12 rings (SSSR count). The smallest absolute Gasteiger partial charge is 0.423 e. The summed E-state index contributed by atoms with van der Waals surface area (Å²) >= 11 is 62.8. The fourth-order valence-corrected chi connectivity index (χ4v) is 20.1. The second kappa shape index (κ2) is 59.8. The van der Waals surface area contributed by atoms with Crippen molar-refractivity contribution in [2.45, 2.75) is 169 Å². The van der Waals surface area contributed by atoms with Gasteiger partial charge in [0.2, 0.25) is 23.5 Å². The maximum atomic E-state index is 12.1. The summed E-state index contributed by atoms with van der Waals surface area (Å²) in [6.45, 7) is 28.5. The van der Waals surface area contributed by atoms with Gasteiger partial charge in [0, 0.05) is 222 Å². The minimum absolute atomic E-state index is 0.0842. The van der Waals surface area contributed by atoms with Gasteiger partial charge in [-0.05, 0) is 137 Å². The van der Waals surface area contributed by atoms with Crippen LogP contribution in [0.15, 0.2) is 151 Å². The maximum Gasteiger partial charge on any atom is 0.423 e. The number of hydrogen-bond acceptors (Lipinski definition) is 38. The lowest BCUT2D eigenvalue weighted by Crippen LogP contribution is -2.33. The van der Waals surface area contributed by atoms with Gasteiger partial charge in [-0.3, -0.25) is 39.5 Å². The highest BCUT2D eigenvalue weighted by Crippen LogP contribution is 2.36. The molecule has 12 aromatic heterocycles. The van der Waals surface area contributed by atoms with Gasteiger partial charge in [-0.25, -0.2) is 58.7 Å². The van der Waals surface area contributed by atoms with Crippen molar-refractivity contribution in [2.75, 3.05) is 52.6 Å². The van der Waals surface area contributed by atoms with Gasteiger partial charge in [-0.1, -0.05) is 175 Å². The summed E-state index contributed by atoms with van der Waals surface area (Å²) in [5, 5.41) is 24.2. The maximum absolute atomic E-state index is 12.1. The van der Waals surface area contributed by atoms with Crippen LogP contribution in [0.5, 0.6) is 23.5 Å². The minimum atomic E-state index is -0.783. The van der Waals surface area contributed by atoms with Crippen molar-refractivity contribution in [2.24, 2.45) is 0 Å². The number of aliphatic hydroxyl groups excluding tert-OH is 2. The second-order valence-corrected chi connectivity index (χ2v) is 37.5. The first-order valence-electron chi connectivity index (χ1n) is 41.7. The fraction of sp³-hybridized carbons (Fsp3) is 0.326. The molecule has 0 spiro atoms. The molecule has 0 aliphatic heterocycles. The number of hydrogen-bond donors (Lipinski definition) is 2. The summed E-state index contributed by atoms with van der Waals surface area (Å²) < 4.78 is 32.1. The number of rotatable bonds is 30. The van der Waals surface area contributed by atoms with Crippen LogP contribution in [0.25, 0.3) is 0 Å². The predicted molar refractivity (Wildman–Crippen MR) is 544 cm³/mol. The normalized spacial score (nSPS) is 10.6. The van der Waals surface area contributed by atoms with Crippen molar-refractivity contribution in [3.05, 3.63) is 261 Å². The minimum Gasteiger partial charge on any atom is -0.449 e. The zero-order chi connectivity index (χ0) is 103. The van der Waals surface area contributed by atoms with Gasteiger partial charge >= 0.3 is 36.3 Å². The number of esters is 2. The number of pyridine rings is 6. The molecule has 0 aromatic carbocycles. The largest absolute Gasteiger partial charge is 0.449 e. The summed E-state index contributed by atoms with van der Waals surface area (Å²) in [4.78, 5) is 164. The highest BCUT2D eigenvalue weighted by Gasteiger charge is 2.24. The number of aryl methyl sites for hydroxylation is 9. The van der Waals surface area contributed by atoms with Gasteiger partial charge in [0.25, 0.3) is 11.1 Å². The van der Waals surface area contributed by atoms with Crippen molar-refractivity contribution in [1.82, 2.24) is 98.7 Å². The van der Waals surface area contributed by atoms with E-state index < -0.39 is 60.6 Å². The molecule has 0 atom stereocenters. The van der Waals surface area contributed by atoms with Gasteiger partial charge < -0.3 is 48.4 Å². The molecule has 0 saturated heterocycles. The van der Waals surface area contributed by atoms with Crippen LogP contribution in [0.2, 0.25) is 45.2 Å². The van der Waals surface area contributed by atoms with Crippen LogP contribution in [0.4, 0.5) is 19.2 Å². The number of ether oxygens (including phenoxy) is 6. The van der Waals surface area contributed by atoms with Crippen LogP contribution >= 0.6 is 175 Å². The van der Waals surface area contributed by atoms with E-state index in [0.717, 1.165) is 59.3 Å². The molecule has 0 fully saturated rings. The molecule has 0 bridgehead atoms. The van der Waals surface area contributed by atoms with Crippen molar-refractivity contribution in [3.8, 4) is 23.5 Å². The first-order valence-corrected chi connectivity index (χ1v) is 51.0. The van der Waals surface area contributed by atoms with E-state index in [4.69, 9.17) is 143 Å². The van der Waals surface area contributed by atoms with E-state index >= 15 is 0 Å². The molecule has 2 N–H and O–H groups in total. The number of carbonyl (C=O) groups is 6. The van der Waals surface area contributed by atoms with Crippen molar-refractivity contribution in [1.29, 1.82) is 0 Å². The lowest BCUT2D eigenvalue weighted by Gasteiger charge is -2.17. The van der Waals surface area contributed by atoms with Crippen LogP contribution in [0, 0.1) is 62.3 Å². The molecule has 0 unspecified atom stereocenters. The zero-order valence-corrected chi connectivity index (χ0v) is 89.4. The van der Waals surface area contributed by atoms with Crippen LogP contribution in [0.1, 0.15) is 126 Å².